The zero-order valence-corrected chi connectivity index (χ0v) is 12.3. The molecule has 1 heterocycles. The molecule has 0 amide bonds. The number of nitrogens with zero attached hydrogens (tertiary/aromatic N) is 2. The van der Waals surface area contributed by atoms with Crippen molar-refractivity contribution in [3.8, 4) is 0 Å². The lowest BCUT2D eigenvalue weighted by Crippen LogP contribution is -2.46. The summed E-state index contributed by atoms with van der Waals surface area (Å²) in [7, 11) is 2.06. The molecule has 0 saturated heterocycles. The molecule has 19 heavy (non-hydrogen) atoms. The lowest BCUT2D eigenvalue weighted by molar-refractivity contribution is 0.221. The number of rotatable bonds is 4. The van der Waals surface area contributed by atoms with Gasteiger partial charge in [0.15, 0.2) is 5.82 Å². The zero-order valence-electron chi connectivity index (χ0n) is 12.3. The maximum atomic E-state index is 5.49. The van der Waals surface area contributed by atoms with E-state index in [1.165, 1.54) is 38.5 Å². The van der Waals surface area contributed by atoms with Gasteiger partial charge in [-0.05, 0) is 31.7 Å². The smallest absolute Gasteiger partial charge is 0.228 e. The van der Waals surface area contributed by atoms with Gasteiger partial charge in [-0.15, -0.1) is 0 Å². The molecule has 2 aliphatic carbocycles. The van der Waals surface area contributed by atoms with Gasteiger partial charge in [0.25, 0.3) is 0 Å². The van der Waals surface area contributed by atoms with Gasteiger partial charge in [0, 0.05) is 17.9 Å². The third-order valence-corrected chi connectivity index (χ3v) is 5.14. The lowest BCUT2D eigenvalue weighted by atomic mass is 9.79. The summed E-state index contributed by atoms with van der Waals surface area (Å²) in [4.78, 5) is 4.64. The molecule has 0 aromatic carbocycles. The molecule has 1 atom stereocenters. The second kappa shape index (κ2) is 4.58. The second-order valence-electron chi connectivity index (χ2n) is 7.06. The average molecular weight is 263 g/mol. The molecule has 106 valence electrons. The van der Waals surface area contributed by atoms with Crippen LogP contribution < -0.4 is 5.32 Å². The van der Waals surface area contributed by atoms with Crippen LogP contribution in [0, 0.1) is 5.41 Å². The van der Waals surface area contributed by atoms with Gasteiger partial charge in [-0.3, -0.25) is 0 Å². The van der Waals surface area contributed by atoms with Crippen LogP contribution in [0.1, 0.15) is 70.0 Å². The van der Waals surface area contributed by atoms with Crippen molar-refractivity contribution in [1.29, 1.82) is 0 Å². The molecule has 0 bridgehead atoms. The molecule has 2 fully saturated rings. The quantitative estimate of drug-likeness (QED) is 0.907. The van der Waals surface area contributed by atoms with E-state index in [1.807, 2.05) is 0 Å². The van der Waals surface area contributed by atoms with Crippen molar-refractivity contribution in [1.82, 2.24) is 15.5 Å². The van der Waals surface area contributed by atoms with Crippen LogP contribution in [0.25, 0.3) is 0 Å². The molecule has 4 heteroatoms. The Hall–Kier alpha value is -0.900. The minimum absolute atomic E-state index is 0.182. The van der Waals surface area contributed by atoms with Crippen molar-refractivity contribution in [2.24, 2.45) is 5.41 Å². The number of likely N-dealkylation sites (N-methyl/N-ethyl adjacent to an activating group) is 1. The molecular formula is C15H25N3O. The molecule has 1 unspecified atom stereocenters. The van der Waals surface area contributed by atoms with Crippen LogP contribution in [-0.4, -0.2) is 22.7 Å². The summed E-state index contributed by atoms with van der Waals surface area (Å²) in [6.07, 6.45) is 8.46. The Labute approximate surface area is 115 Å². The minimum Gasteiger partial charge on any atom is -0.339 e. The van der Waals surface area contributed by atoms with E-state index >= 15 is 0 Å². The molecule has 1 aromatic heterocycles. The van der Waals surface area contributed by atoms with E-state index in [-0.39, 0.29) is 5.54 Å². The summed E-state index contributed by atoms with van der Waals surface area (Å²) in [5.74, 6) is 2.23. The Morgan fingerprint density at radius 2 is 1.95 bits per heavy atom. The fourth-order valence-corrected chi connectivity index (χ4v) is 3.42. The molecule has 0 radical (unpaired) electrons. The van der Waals surface area contributed by atoms with Crippen LogP contribution in [0.15, 0.2) is 4.52 Å². The molecule has 4 nitrogen and oxygen atoms in total. The van der Waals surface area contributed by atoms with Crippen LogP contribution >= 0.6 is 0 Å². The van der Waals surface area contributed by atoms with E-state index in [0.29, 0.717) is 11.3 Å². The highest BCUT2D eigenvalue weighted by molar-refractivity contribution is 5.14. The summed E-state index contributed by atoms with van der Waals surface area (Å²) in [5.41, 5.74) is 0.549. The largest absolute Gasteiger partial charge is 0.339 e. The monoisotopic (exact) mass is 263 g/mol. The van der Waals surface area contributed by atoms with E-state index in [0.717, 1.165) is 18.1 Å². The predicted molar refractivity (Wildman–Crippen MR) is 74.0 cm³/mol. The topological polar surface area (TPSA) is 51.0 Å². The SMILES string of the molecule is CNC1(Cc2nc(C3CC3(C)C)no2)CCCCC1. The molecule has 0 aliphatic heterocycles. The first-order valence-corrected chi connectivity index (χ1v) is 7.56. The Morgan fingerprint density at radius 3 is 2.53 bits per heavy atom. The Kier molecular flexibility index (Phi) is 3.16. The molecule has 3 rings (SSSR count). The number of hydrogen-bond acceptors (Lipinski definition) is 4. The van der Waals surface area contributed by atoms with Gasteiger partial charge in [0.2, 0.25) is 5.89 Å². The summed E-state index contributed by atoms with van der Waals surface area (Å²) < 4.78 is 5.49. The molecule has 1 N–H and O–H groups in total. The molecule has 0 spiro atoms. The Morgan fingerprint density at radius 1 is 1.26 bits per heavy atom. The predicted octanol–water partition coefficient (Wildman–Crippen LogP) is 3.05. The van der Waals surface area contributed by atoms with Crippen molar-refractivity contribution >= 4 is 0 Å². The van der Waals surface area contributed by atoms with Crippen molar-refractivity contribution in [3.05, 3.63) is 11.7 Å². The maximum Gasteiger partial charge on any atom is 0.228 e. The van der Waals surface area contributed by atoms with Crippen LogP contribution in [0.2, 0.25) is 0 Å². The Bertz CT molecular complexity index is 446. The standard InChI is InChI=1S/C15H25N3O/c1-14(2)9-11(14)13-17-12(19-18-13)10-15(16-3)7-5-4-6-8-15/h11,16H,4-10H2,1-3H3. The number of aromatic nitrogens is 2. The summed E-state index contributed by atoms with van der Waals surface area (Å²) in [5, 5.41) is 7.70. The molecule has 2 aliphatic rings. The third-order valence-electron chi connectivity index (χ3n) is 5.14. The Balaban J connectivity index is 1.69. The van der Waals surface area contributed by atoms with Gasteiger partial charge in [0.05, 0.1) is 0 Å². The van der Waals surface area contributed by atoms with E-state index in [9.17, 15) is 0 Å². The van der Waals surface area contributed by atoms with Gasteiger partial charge in [0.1, 0.15) is 0 Å². The number of hydrogen-bond donors (Lipinski definition) is 1. The van der Waals surface area contributed by atoms with Gasteiger partial charge < -0.3 is 9.84 Å². The highest BCUT2D eigenvalue weighted by Gasteiger charge is 2.49. The molecule has 2 saturated carbocycles. The van der Waals surface area contributed by atoms with Crippen molar-refractivity contribution < 1.29 is 4.52 Å². The normalized spacial score (nSPS) is 28.3. The van der Waals surface area contributed by atoms with Gasteiger partial charge >= 0.3 is 0 Å². The van der Waals surface area contributed by atoms with Crippen LogP contribution in [0.4, 0.5) is 0 Å². The first kappa shape index (κ1) is 13.1. The van der Waals surface area contributed by atoms with E-state index in [2.05, 4.69) is 36.4 Å². The van der Waals surface area contributed by atoms with Crippen LogP contribution in [-0.2, 0) is 6.42 Å². The van der Waals surface area contributed by atoms with Crippen molar-refractivity contribution in [2.75, 3.05) is 7.05 Å². The summed E-state index contributed by atoms with van der Waals surface area (Å²) in [6.45, 7) is 4.54. The van der Waals surface area contributed by atoms with E-state index in [4.69, 9.17) is 4.52 Å². The first-order chi connectivity index (χ1) is 9.05. The van der Waals surface area contributed by atoms with Crippen LogP contribution in [0.5, 0.6) is 0 Å². The lowest BCUT2D eigenvalue weighted by Gasteiger charge is -2.36. The summed E-state index contributed by atoms with van der Waals surface area (Å²) >= 11 is 0. The van der Waals surface area contributed by atoms with Gasteiger partial charge in [-0.1, -0.05) is 38.3 Å². The van der Waals surface area contributed by atoms with Gasteiger partial charge in [-0.25, -0.2) is 0 Å². The fourth-order valence-electron chi connectivity index (χ4n) is 3.42. The van der Waals surface area contributed by atoms with E-state index < -0.39 is 0 Å². The van der Waals surface area contributed by atoms with Gasteiger partial charge in [-0.2, -0.15) is 4.98 Å². The zero-order chi connectivity index (χ0) is 13.5. The summed E-state index contributed by atoms with van der Waals surface area (Å²) in [6, 6.07) is 0. The van der Waals surface area contributed by atoms with Crippen LogP contribution in [0.3, 0.4) is 0 Å². The average Bonchev–Trinajstić information content (AvgIpc) is 2.84. The highest BCUT2D eigenvalue weighted by Crippen LogP contribution is 2.57. The molecule has 1 aromatic rings. The number of nitrogens with one attached hydrogen (secondary N) is 1. The molecular weight excluding hydrogens is 238 g/mol. The van der Waals surface area contributed by atoms with E-state index in [1.54, 1.807) is 0 Å². The minimum atomic E-state index is 0.182. The first-order valence-electron chi connectivity index (χ1n) is 7.56. The fraction of sp³-hybridized carbons (Fsp3) is 0.867. The second-order valence-corrected chi connectivity index (χ2v) is 7.06. The maximum absolute atomic E-state index is 5.49. The third kappa shape index (κ3) is 2.55. The van der Waals surface area contributed by atoms with Crippen molar-refractivity contribution in [3.63, 3.8) is 0 Å². The van der Waals surface area contributed by atoms with Crippen molar-refractivity contribution in [2.45, 2.75) is 70.3 Å². The highest BCUT2D eigenvalue weighted by atomic mass is 16.5.